The van der Waals surface area contributed by atoms with E-state index >= 15 is 0 Å². The van der Waals surface area contributed by atoms with Gasteiger partial charge in [-0.05, 0) is 30.9 Å². The molecule has 1 aliphatic carbocycles. The minimum atomic E-state index is -0.157. The zero-order valence-corrected chi connectivity index (χ0v) is 9.72. The van der Waals surface area contributed by atoms with Gasteiger partial charge in [0.1, 0.15) is 5.75 Å². The standard InChI is InChI=1S/C11H13Cl2NO/c12-7-4-8(11(15)9(13)5-7)10(14)6-2-1-3-6/h4-6,10,15H,1-3,14H2/t10-/m1/s1. The zero-order chi connectivity index (χ0) is 11.0. The average molecular weight is 246 g/mol. The largest absolute Gasteiger partial charge is 0.506 e. The maximum absolute atomic E-state index is 9.79. The molecule has 3 N–H and O–H groups in total. The van der Waals surface area contributed by atoms with Gasteiger partial charge in [-0.25, -0.2) is 0 Å². The van der Waals surface area contributed by atoms with Gasteiger partial charge in [-0.15, -0.1) is 0 Å². The molecule has 0 spiro atoms. The number of rotatable bonds is 2. The van der Waals surface area contributed by atoms with Crippen LogP contribution in [0.25, 0.3) is 0 Å². The highest BCUT2D eigenvalue weighted by Gasteiger charge is 2.28. The van der Waals surface area contributed by atoms with Crippen molar-refractivity contribution in [3.05, 3.63) is 27.7 Å². The van der Waals surface area contributed by atoms with E-state index in [1.807, 2.05) is 0 Å². The Bertz CT molecular complexity index is 377. The van der Waals surface area contributed by atoms with Gasteiger partial charge in [0.2, 0.25) is 0 Å². The molecule has 82 valence electrons. The molecule has 0 aliphatic heterocycles. The van der Waals surface area contributed by atoms with Crippen LogP contribution in [0.4, 0.5) is 0 Å². The Morgan fingerprint density at radius 1 is 1.33 bits per heavy atom. The van der Waals surface area contributed by atoms with E-state index in [0.717, 1.165) is 12.8 Å². The highest BCUT2D eigenvalue weighted by Crippen LogP contribution is 2.42. The summed E-state index contributed by atoms with van der Waals surface area (Å²) in [5.74, 6) is 0.519. The summed E-state index contributed by atoms with van der Waals surface area (Å²) in [5, 5.41) is 10.6. The highest BCUT2D eigenvalue weighted by molar-refractivity contribution is 6.35. The monoisotopic (exact) mass is 245 g/mol. The summed E-state index contributed by atoms with van der Waals surface area (Å²) in [6.07, 6.45) is 3.45. The summed E-state index contributed by atoms with van der Waals surface area (Å²) >= 11 is 11.7. The summed E-state index contributed by atoms with van der Waals surface area (Å²) < 4.78 is 0. The van der Waals surface area contributed by atoms with E-state index in [1.54, 1.807) is 6.07 Å². The number of hydrogen-bond donors (Lipinski definition) is 2. The number of benzene rings is 1. The lowest BCUT2D eigenvalue weighted by Gasteiger charge is -2.31. The van der Waals surface area contributed by atoms with E-state index in [-0.39, 0.29) is 16.8 Å². The molecule has 0 aromatic heterocycles. The Kier molecular flexibility index (Phi) is 3.10. The Hall–Kier alpha value is -0.440. The minimum absolute atomic E-state index is 0.0699. The van der Waals surface area contributed by atoms with E-state index in [9.17, 15) is 5.11 Å². The molecule has 1 aromatic rings. The molecule has 1 atom stereocenters. The predicted molar refractivity (Wildman–Crippen MR) is 62.4 cm³/mol. The van der Waals surface area contributed by atoms with Crippen molar-refractivity contribution in [3.63, 3.8) is 0 Å². The van der Waals surface area contributed by atoms with Crippen LogP contribution in [0.1, 0.15) is 30.9 Å². The van der Waals surface area contributed by atoms with E-state index in [0.29, 0.717) is 16.5 Å². The third-order valence-corrected chi connectivity index (χ3v) is 3.58. The summed E-state index contributed by atoms with van der Waals surface area (Å²) in [4.78, 5) is 0. The SMILES string of the molecule is N[C@@H](c1cc(Cl)cc(Cl)c1O)C1CCC1. The summed E-state index contributed by atoms with van der Waals surface area (Å²) in [6, 6.07) is 3.07. The van der Waals surface area contributed by atoms with Crippen LogP contribution in [-0.2, 0) is 0 Å². The van der Waals surface area contributed by atoms with Crippen LogP contribution in [0.5, 0.6) is 5.75 Å². The first-order valence-corrected chi connectivity index (χ1v) is 5.78. The Morgan fingerprint density at radius 2 is 2.00 bits per heavy atom. The fraction of sp³-hybridized carbons (Fsp3) is 0.455. The lowest BCUT2D eigenvalue weighted by molar-refractivity contribution is 0.260. The van der Waals surface area contributed by atoms with Crippen molar-refractivity contribution in [2.24, 2.45) is 11.7 Å². The summed E-state index contributed by atoms with van der Waals surface area (Å²) in [5.41, 5.74) is 6.73. The van der Waals surface area contributed by atoms with Crippen molar-refractivity contribution >= 4 is 23.2 Å². The zero-order valence-electron chi connectivity index (χ0n) is 8.21. The highest BCUT2D eigenvalue weighted by atomic mass is 35.5. The van der Waals surface area contributed by atoms with Crippen LogP contribution in [0, 0.1) is 5.92 Å². The third-order valence-electron chi connectivity index (χ3n) is 3.07. The van der Waals surface area contributed by atoms with Gasteiger partial charge in [0.25, 0.3) is 0 Å². The minimum Gasteiger partial charge on any atom is -0.506 e. The van der Waals surface area contributed by atoms with Gasteiger partial charge >= 0.3 is 0 Å². The van der Waals surface area contributed by atoms with Crippen molar-refractivity contribution in [1.29, 1.82) is 0 Å². The van der Waals surface area contributed by atoms with Gasteiger partial charge in [0.05, 0.1) is 5.02 Å². The molecule has 15 heavy (non-hydrogen) atoms. The fourth-order valence-electron chi connectivity index (χ4n) is 1.89. The van der Waals surface area contributed by atoms with Crippen LogP contribution in [0.3, 0.4) is 0 Å². The van der Waals surface area contributed by atoms with Crippen LogP contribution in [-0.4, -0.2) is 5.11 Å². The molecule has 1 aliphatic rings. The number of phenols is 1. The fourth-order valence-corrected chi connectivity index (χ4v) is 2.40. The Morgan fingerprint density at radius 3 is 2.53 bits per heavy atom. The van der Waals surface area contributed by atoms with Crippen molar-refractivity contribution in [3.8, 4) is 5.75 Å². The van der Waals surface area contributed by atoms with Crippen LogP contribution < -0.4 is 5.73 Å². The molecule has 0 radical (unpaired) electrons. The second-order valence-electron chi connectivity index (χ2n) is 4.04. The van der Waals surface area contributed by atoms with Crippen molar-refractivity contribution in [2.75, 3.05) is 0 Å². The van der Waals surface area contributed by atoms with Crippen LogP contribution in [0.15, 0.2) is 12.1 Å². The Balaban J connectivity index is 2.33. The smallest absolute Gasteiger partial charge is 0.139 e. The van der Waals surface area contributed by atoms with Gasteiger partial charge in [-0.1, -0.05) is 29.6 Å². The molecule has 1 aromatic carbocycles. The number of halogens is 2. The first kappa shape index (κ1) is 11.1. The molecule has 0 amide bonds. The lowest BCUT2D eigenvalue weighted by atomic mass is 9.77. The first-order chi connectivity index (χ1) is 7.09. The molecule has 2 rings (SSSR count). The maximum Gasteiger partial charge on any atom is 0.139 e. The quantitative estimate of drug-likeness (QED) is 0.838. The average Bonchev–Trinajstić information content (AvgIpc) is 2.08. The Labute approximate surface area is 99.0 Å². The second-order valence-corrected chi connectivity index (χ2v) is 4.89. The molecular weight excluding hydrogens is 233 g/mol. The van der Waals surface area contributed by atoms with E-state index in [1.165, 1.54) is 12.5 Å². The molecular formula is C11H13Cl2NO. The number of phenolic OH excluding ortho intramolecular Hbond substituents is 1. The van der Waals surface area contributed by atoms with Crippen molar-refractivity contribution < 1.29 is 5.11 Å². The summed E-state index contributed by atoms with van der Waals surface area (Å²) in [7, 11) is 0. The van der Waals surface area contributed by atoms with Gasteiger partial charge < -0.3 is 10.8 Å². The normalized spacial score (nSPS) is 18.6. The lowest BCUT2D eigenvalue weighted by Crippen LogP contribution is -2.26. The molecule has 0 bridgehead atoms. The van der Waals surface area contributed by atoms with Crippen LogP contribution >= 0.6 is 23.2 Å². The second kappa shape index (κ2) is 4.20. The predicted octanol–water partition coefficient (Wildman–Crippen LogP) is 3.50. The molecule has 0 unspecified atom stereocenters. The number of nitrogens with two attached hydrogens (primary N) is 1. The van der Waals surface area contributed by atoms with Gasteiger partial charge in [0, 0.05) is 16.6 Å². The molecule has 1 saturated carbocycles. The first-order valence-electron chi connectivity index (χ1n) is 5.03. The van der Waals surface area contributed by atoms with Gasteiger partial charge in [-0.2, -0.15) is 0 Å². The number of aromatic hydroxyl groups is 1. The molecule has 1 fully saturated rings. The summed E-state index contributed by atoms with van der Waals surface area (Å²) in [6.45, 7) is 0. The molecule has 0 heterocycles. The van der Waals surface area contributed by atoms with Gasteiger partial charge in [0.15, 0.2) is 0 Å². The van der Waals surface area contributed by atoms with E-state index < -0.39 is 0 Å². The molecule has 0 saturated heterocycles. The van der Waals surface area contributed by atoms with Gasteiger partial charge in [-0.3, -0.25) is 0 Å². The van der Waals surface area contributed by atoms with Crippen LogP contribution in [0.2, 0.25) is 10.0 Å². The topological polar surface area (TPSA) is 46.2 Å². The van der Waals surface area contributed by atoms with E-state index in [2.05, 4.69) is 0 Å². The van der Waals surface area contributed by atoms with Crippen molar-refractivity contribution in [1.82, 2.24) is 0 Å². The van der Waals surface area contributed by atoms with E-state index in [4.69, 9.17) is 28.9 Å². The third kappa shape index (κ3) is 2.07. The van der Waals surface area contributed by atoms with Crippen molar-refractivity contribution in [2.45, 2.75) is 25.3 Å². The molecule has 2 nitrogen and oxygen atoms in total. The number of hydrogen-bond acceptors (Lipinski definition) is 2. The molecule has 4 heteroatoms. The maximum atomic E-state index is 9.79.